The number of imide groups is 1. The van der Waals surface area contributed by atoms with Gasteiger partial charge in [-0.1, -0.05) is 18.2 Å². The van der Waals surface area contributed by atoms with Gasteiger partial charge in [0.05, 0.1) is 4.91 Å². The number of carbonyl (C=O) groups is 3. The van der Waals surface area contributed by atoms with Gasteiger partial charge in [-0.25, -0.2) is 12.8 Å². The summed E-state index contributed by atoms with van der Waals surface area (Å²) in [6.07, 6.45) is 1.62. The van der Waals surface area contributed by atoms with Crippen LogP contribution in [0.3, 0.4) is 0 Å². The maximum atomic E-state index is 14.0. The van der Waals surface area contributed by atoms with E-state index in [1.54, 1.807) is 6.08 Å². The minimum absolute atomic E-state index is 0.0113. The van der Waals surface area contributed by atoms with Crippen LogP contribution < -0.4 is 0 Å². The summed E-state index contributed by atoms with van der Waals surface area (Å²) in [5.41, 5.74) is 0. The van der Waals surface area contributed by atoms with Crippen molar-refractivity contribution in [2.75, 3.05) is 32.7 Å². The minimum atomic E-state index is -4.02. The molecule has 2 aliphatic heterocycles. The molecule has 3 amide bonds. The summed E-state index contributed by atoms with van der Waals surface area (Å²) in [6.45, 7) is -0.279. The Hall–Kier alpha value is -2.54. The summed E-state index contributed by atoms with van der Waals surface area (Å²) in [5.74, 6) is -1.81. The van der Waals surface area contributed by atoms with Crippen molar-refractivity contribution >= 4 is 56.3 Å². The van der Waals surface area contributed by atoms with Crippen LogP contribution in [0.1, 0.15) is 4.88 Å². The highest BCUT2D eigenvalue weighted by Crippen LogP contribution is 2.33. The number of thiophene rings is 1. The van der Waals surface area contributed by atoms with Gasteiger partial charge in [-0.15, -0.1) is 11.3 Å². The number of amides is 3. The third-order valence-electron chi connectivity index (χ3n) is 5.03. The van der Waals surface area contributed by atoms with E-state index in [9.17, 15) is 27.2 Å². The SMILES string of the molecule is O=C(CN1C(=O)S/C(=C\c2cccs2)C1=O)N1CCN(S(=O)(=O)c2ccccc2F)CC1. The Balaban J connectivity index is 1.37. The van der Waals surface area contributed by atoms with Gasteiger partial charge in [0.15, 0.2) is 0 Å². The molecule has 2 aliphatic rings. The Morgan fingerprint density at radius 1 is 1.06 bits per heavy atom. The van der Waals surface area contributed by atoms with Crippen LogP contribution in [0.15, 0.2) is 51.6 Å². The van der Waals surface area contributed by atoms with Crippen molar-refractivity contribution in [1.29, 1.82) is 0 Å². The second-order valence-corrected chi connectivity index (χ2v) is 10.9. The zero-order valence-corrected chi connectivity index (χ0v) is 19.1. The fourth-order valence-electron chi connectivity index (χ4n) is 3.35. The lowest BCUT2D eigenvalue weighted by Crippen LogP contribution is -2.53. The summed E-state index contributed by atoms with van der Waals surface area (Å²) in [5, 5.41) is 1.33. The lowest BCUT2D eigenvalue weighted by molar-refractivity contribution is -0.136. The van der Waals surface area contributed by atoms with Crippen LogP contribution in [0.2, 0.25) is 0 Å². The summed E-state index contributed by atoms with van der Waals surface area (Å²) in [7, 11) is -4.02. The molecule has 4 rings (SSSR count). The van der Waals surface area contributed by atoms with Gasteiger partial charge >= 0.3 is 0 Å². The van der Waals surface area contributed by atoms with Crippen LogP contribution in [0, 0.1) is 5.82 Å². The normalized spacial score (nSPS) is 19.2. The van der Waals surface area contributed by atoms with Crippen molar-refractivity contribution in [3.05, 3.63) is 57.4 Å². The average Bonchev–Trinajstić information content (AvgIpc) is 3.38. The topological polar surface area (TPSA) is 95.1 Å². The number of rotatable bonds is 5. The Kier molecular flexibility index (Phi) is 6.47. The van der Waals surface area contributed by atoms with Gasteiger partial charge in [-0.2, -0.15) is 4.31 Å². The summed E-state index contributed by atoms with van der Waals surface area (Å²) >= 11 is 2.21. The van der Waals surface area contributed by atoms with E-state index in [1.165, 1.54) is 34.4 Å². The molecular weight excluding hydrogens is 477 g/mol. The van der Waals surface area contributed by atoms with Crippen LogP contribution in [0.4, 0.5) is 9.18 Å². The molecule has 0 N–H and O–H groups in total. The van der Waals surface area contributed by atoms with Gasteiger partial charge in [0, 0.05) is 31.1 Å². The number of benzene rings is 1. The highest BCUT2D eigenvalue weighted by atomic mass is 32.2. The van der Waals surface area contributed by atoms with Gasteiger partial charge in [0.25, 0.3) is 11.1 Å². The van der Waals surface area contributed by atoms with Crippen molar-refractivity contribution in [2.45, 2.75) is 4.90 Å². The minimum Gasteiger partial charge on any atom is -0.338 e. The molecule has 0 spiro atoms. The van der Waals surface area contributed by atoms with Crippen LogP contribution in [0.5, 0.6) is 0 Å². The van der Waals surface area contributed by atoms with E-state index in [-0.39, 0.29) is 31.1 Å². The highest BCUT2D eigenvalue weighted by Gasteiger charge is 2.38. The highest BCUT2D eigenvalue weighted by molar-refractivity contribution is 8.18. The van der Waals surface area contributed by atoms with Crippen molar-refractivity contribution in [3.8, 4) is 0 Å². The number of carbonyl (C=O) groups excluding carboxylic acids is 3. The van der Waals surface area contributed by atoms with E-state index >= 15 is 0 Å². The monoisotopic (exact) mass is 495 g/mol. The molecule has 0 atom stereocenters. The summed E-state index contributed by atoms with van der Waals surface area (Å²) < 4.78 is 40.5. The zero-order chi connectivity index (χ0) is 22.9. The number of hydrogen-bond acceptors (Lipinski definition) is 7. The van der Waals surface area contributed by atoms with Gasteiger partial charge in [-0.05, 0) is 41.4 Å². The summed E-state index contributed by atoms with van der Waals surface area (Å²) in [6, 6.07) is 8.78. The molecule has 168 valence electrons. The molecule has 32 heavy (non-hydrogen) atoms. The molecule has 1 aromatic carbocycles. The van der Waals surface area contributed by atoms with Gasteiger partial charge in [0.1, 0.15) is 17.3 Å². The van der Waals surface area contributed by atoms with Crippen molar-refractivity contribution in [3.63, 3.8) is 0 Å². The third-order valence-corrected chi connectivity index (χ3v) is 8.69. The van der Waals surface area contributed by atoms with Gasteiger partial charge in [0.2, 0.25) is 15.9 Å². The van der Waals surface area contributed by atoms with E-state index in [0.717, 1.165) is 31.9 Å². The van der Waals surface area contributed by atoms with E-state index in [1.807, 2.05) is 17.5 Å². The largest absolute Gasteiger partial charge is 0.338 e. The summed E-state index contributed by atoms with van der Waals surface area (Å²) in [4.78, 5) is 40.5. The zero-order valence-electron chi connectivity index (χ0n) is 16.6. The number of nitrogens with zero attached hydrogens (tertiary/aromatic N) is 3. The van der Waals surface area contributed by atoms with Gasteiger partial charge < -0.3 is 4.90 Å². The van der Waals surface area contributed by atoms with Crippen molar-refractivity contribution < 1.29 is 27.2 Å². The third kappa shape index (κ3) is 4.49. The van der Waals surface area contributed by atoms with Crippen LogP contribution >= 0.6 is 23.1 Å². The number of piperazine rings is 1. The second kappa shape index (κ2) is 9.14. The number of hydrogen-bond donors (Lipinski definition) is 0. The molecule has 0 bridgehead atoms. The maximum Gasteiger partial charge on any atom is 0.294 e. The molecule has 0 radical (unpaired) electrons. The average molecular weight is 496 g/mol. The van der Waals surface area contributed by atoms with Crippen LogP contribution in [0.25, 0.3) is 6.08 Å². The second-order valence-electron chi connectivity index (χ2n) is 7.00. The maximum absolute atomic E-state index is 14.0. The standard InChI is InChI=1S/C20H18FN3O5S3/c21-15-5-1-2-6-17(15)32(28,29)23-9-7-22(8-10-23)18(25)13-24-19(26)16(31-20(24)27)12-14-4-3-11-30-14/h1-6,11-12H,7-10,13H2/b16-12-. The predicted octanol–water partition coefficient (Wildman–Crippen LogP) is 2.46. The Labute approximate surface area is 192 Å². The Bertz CT molecular complexity index is 1190. The quantitative estimate of drug-likeness (QED) is 0.592. The first-order valence-corrected chi connectivity index (χ1v) is 12.7. The molecule has 2 saturated heterocycles. The fourth-order valence-corrected chi connectivity index (χ4v) is 6.39. The molecule has 0 unspecified atom stereocenters. The Morgan fingerprint density at radius 2 is 1.78 bits per heavy atom. The first kappa shape index (κ1) is 22.6. The smallest absolute Gasteiger partial charge is 0.294 e. The first-order valence-electron chi connectivity index (χ1n) is 9.59. The molecule has 2 aromatic rings. The molecule has 1 aromatic heterocycles. The molecule has 0 saturated carbocycles. The van der Waals surface area contributed by atoms with E-state index in [2.05, 4.69) is 0 Å². The van der Waals surface area contributed by atoms with Crippen molar-refractivity contribution in [1.82, 2.24) is 14.1 Å². The molecule has 0 aliphatic carbocycles. The lowest BCUT2D eigenvalue weighted by Gasteiger charge is -2.34. The lowest BCUT2D eigenvalue weighted by atomic mass is 10.3. The molecule has 2 fully saturated rings. The Morgan fingerprint density at radius 3 is 2.44 bits per heavy atom. The number of thioether (sulfide) groups is 1. The van der Waals surface area contributed by atoms with Crippen molar-refractivity contribution in [2.24, 2.45) is 0 Å². The van der Waals surface area contributed by atoms with E-state index in [0.29, 0.717) is 0 Å². The molecule has 3 heterocycles. The molecule has 8 nitrogen and oxygen atoms in total. The van der Waals surface area contributed by atoms with E-state index < -0.39 is 44.3 Å². The van der Waals surface area contributed by atoms with Crippen LogP contribution in [-0.2, 0) is 19.6 Å². The fraction of sp³-hybridized carbons (Fsp3) is 0.250. The number of halogens is 1. The first-order chi connectivity index (χ1) is 15.3. The van der Waals surface area contributed by atoms with Gasteiger partial charge in [-0.3, -0.25) is 19.3 Å². The van der Waals surface area contributed by atoms with E-state index in [4.69, 9.17) is 0 Å². The molecular formula is C20H18FN3O5S3. The molecule has 12 heteroatoms. The predicted molar refractivity (Wildman–Crippen MR) is 119 cm³/mol. The van der Waals surface area contributed by atoms with Crippen LogP contribution in [-0.4, -0.2) is 72.3 Å². The number of sulfonamides is 1.